The number of aliphatic imine (C=N–C) groups is 1. The molecule has 0 radical (unpaired) electrons. The molecule has 1 N–H and O–H groups in total. The second kappa shape index (κ2) is 4.51. The summed E-state index contributed by atoms with van der Waals surface area (Å²) in [5.74, 6) is 0.0658. The van der Waals surface area contributed by atoms with Crippen LogP contribution in [0, 0.1) is 6.92 Å². The lowest BCUT2D eigenvalue weighted by Crippen LogP contribution is -1.92. The van der Waals surface area contributed by atoms with Gasteiger partial charge in [-0.1, -0.05) is 11.6 Å². The third kappa shape index (κ3) is 2.12. The van der Waals surface area contributed by atoms with Crippen molar-refractivity contribution in [3.05, 3.63) is 35.0 Å². The average molecular weight is 248 g/mol. The number of rotatable bonds is 2. The molecule has 2 aromatic rings. The van der Waals surface area contributed by atoms with E-state index in [-0.39, 0.29) is 5.75 Å². The van der Waals surface area contributed by atoms with Crippen LogP contribution in [0.5, 0.6) is 5.75 Å². The number of aromatic nitrogens is 2. The first kappa shape index (κ1) is 11.5. The molecule has 0 atom stereocenters. The maximum atomic E-state index is 9.83. The summed E-state index contributed by atoms with van der Waals surface area (Å²) in [4.78, 5) is 3.84. The van der Waals surface area contributed by atoms with E-state index < -0.39 is 0 Å². The monoisotopic (exact) mass is 247 g/mol. The maximum absolute atomic E-state index is 9.83. The van der Waals surface area contributed by atoms with Crippen molar-refractivity contribution in [2.75, 3.05) is 0 Å². The zero-order valence-corrected chi connectivity index (χ0v) is 9.94. The van der Waals surface area contributed by atoms with E-state index in [1.165, 1.54) is 12.3 Å². The minimum atomic E-state index is 0.0658. The first-order valence-corrected chi connectivity index (χ1v) is 5.29. The van der Waals surface area contributed by atoms with Gasteiger partial charge in [-0.25, -0.2) is 0 Å². The predicted octanol–water partition coefficient (Wildman–Crippen LogP) is 3.14. The number of hydrogen-bond donors (Lipinski definition) is 1. The van der Waals surface area contributed by atoms with Crippen LogP contribution < -0.4 is 0 Å². The number of phenolic OH excluding ortho intramolecular Hbond substituents is 1. The van der Waals surface area contributed by atoms with Crippen molar-refractivity contribution in [2.24, 2.45) is 4.99 Å². The van der Waals surface area contributed by atoms with Crippen LogP contribution in [0.2, 0.25) is 5.02 Å². The highest BCUT2D eigenvalue weighted by Gasteiger charge is 2.12. The lowest BCUT2D eigenvalue weighted by atomic mass is 10.1. The van der Waals surface area contributed by atoms with Gasteiger partial charge in [0.2, 0.25) is 0 Å². The number of halogens is 1. The maximum Gasteiger partial charge on any atom is 0.126 e. The third-order valence-electron chi connectivity index (χ3n) is 2.46. The molecule has 17 heavy (non-hydrogen) atoms. The summed E-state index contributed by atoms with van der Waals surface area (Å²) in [6.07, 6.45) is 1.53. The van der Waals surface area contributed by atoms with E-state index in [2.05, 4.69) is 21.9 Å². The molecule has 1 aromatic carbocycles. The zero-order valence-electron chi connectivity index (χ0n) is 9.18. The summed E-state index contributed by atoms with van der Waals surface area (Å²) in [6.45, 7) is 5.31. The minimum Gasteiger partial charge on any atom is -0.507 e. The Labute approximate surface area is 104 Å². The van der Waals surface area contributed by atoms with Crippen molar-refractivity contribution in [1.29, 1.82) is 0 Å². The summed E-state index contributed by atoms with van der Waals surface area (Å²) in [7, 11) is 0. The third-order valence-corrected chi connectivity index (χ3v) is 2.70. The van der Waals surface area contributed by atoms with Crippen LogP contribution >= 0.6 is 11.6 Å². The molecule has 0 aliphatic carbocycles. The molecular weight excluding hydrogens is 238 g/mol. The number of hydrogen-bond acceptors (Lipinski definition) is 4. The Bertz CT molecular complexity index is 584. The molecule has 0 unspecified atom stereocenters. The van der Waals surface area contributed by atoms with E-state index in [9.17, 15) is 5.11 Å². The van der Waals surface area contributed by atoms with Crippen LogP contribution in [0.15, 0.2) is 29.4 Å². The van der Waals surface area contributed by atoms with Crippen molar-refractivity contribution >= 4 is 24.0 Å². The molecule has 0 bridgehead atoms. The molecule has 0 spiro atoms. The number of aromatic hydroxyl groups is 1. The zero-order chi connectivity index (χ0) is 12.4. The van der Waals surface area contributed by atoms with Crippen molar-refractivity contribution in [3.63, 3.8) is 0 Å². The van der Waals surface area contributed by atoms with Crippen LogP contribution in [0.4, 0.5) is 5.69 Å². The van der Waals surface area contributed by atoms with Gasteiger partial charge in [-0.2, -0.15) is 5.10 Å². The molecule has 4 nitrogen and oxygen atoms in total. The lowest BCUT2D eigenvalue weighted by molar-refractivity contribution is 0.477. The fraction of sp³-hybridized carbons (Fsp3) is 0.0833. The highest BCUT2D eigenvalue weighted by atomic mass is 35.5. The quantitative estimate of drug-likeness (QED) is 0.830. The van der Waals surface area contributed by atoms with Gasteiger partial charge in [0.15, 0.2) is 0 Å². The summed E-state index contributed by atoms with van der Waals surface area (Å²) >= 11 is 5.78. The van der Waals surface area contributed by atoms with Gasteiger partial charge in [0.05, 0.1) is 11.9 Å². The highest BCUT2D eigenvalue weighted by molar-refractivity contribution is 6.30. The van der Waals surface area contributed by atoms with Crippen molar-refractivity contribution < 1.29 is 5.11 Å². The van der Waals surface area contributed by atoms with Crippen LogP contribution in [0.3, 0.4) is 0 Å². The SMILES string of the molecule is C=Nc1cnnc(-c2ccc(Cl)cc2O)c1C. The van der Waals surface area contributed by atoms with E-state index in [0.29, 0.717) is 22.0 Å². The first-order valence-electron chi connectivity index (χ1n) is 4.91. The fourth-order valence-corrected chi connectivity index (χ4v) is 1.72. The molecule has 1 aromatic heterocycles. The summed E-state index contributed by atoms with van der Waals surface area (Å²) < 4.78 is 0. The first-order chi connectivity index (χ1) is 8.13. The summed E-state index contributed by atoms with van der Waals surface area (Å²) in [5.41, 5.74) is 2.60. The Balaban J connectivity index is 2.64. The number of benzene rings is 1. The van der Waals surface area contributed by atoms with Gasteiger partial charge in [0.25, 0.3) is 0 Å². The Kier molecular flexibility index (Phi) is 3.06. The molecular formula is C12H10ClN3O. The second-order valence-electron chi connectivity index (χ2n) is 3.52. The Morgan fingerprint density at radius 3 is 2.82 bits per heavy atom. The van der Waals surface area contributed by atoms with Crippen LogP contribution in [-0.4, -0.2) is 22.0 Å². The Morgan fingerprint density at radius 1 is 1.41 bits per heavy atom. The van der Waals surface area contributed by atoms with Crippen molar-refractivity contribution in [3.8, 4) is 17.0 Å². The topological polar surface area (TPSA) is 58.4 Å². The van der Waals surface area contributed by atoms with Gasteiger partial charge in [-0.15, -0.1) is 5.10 Å². The molecule has 86 valence electrons. The molecule has 0 saturated heterocycles. The molecule has 0 saturated carbocycles. The van der Waals surface area contributed by atoms with Gasteiger partial charge < -0.3 is 5.11 Å². The van der Waals surface area contributed by atoms with Gasteiger partial charge in [0, 0.05) is 16.1 Å². The average Bonchev–Trinajstić information content (AvgIpc) is 2.30. The summed E-state index contributed by atoms with van der Waals surface area (Å²) in [6, 6.07) is 4.85. The summed E-state index contributed by atoms with van der Waals surface area (Å²) in [5, 5.41) is 18.1. The number of nitrogens with zero attached hydrogens (tertiary/aromatic N) is 3. The largest absolute Gasteiger partial charge is 0.507 e. The fourth-order valence-electron chi connectivity index (χ4n) is 1.55. The van der Waals surface area contributed by atoms with Crippen molar-refractivity contribution in [2.45, 2.75) is 6.92 Å². The molecule has 2 rings (SSSR count). The molecule has 0 aliphatic rings. The lowest BCUT2D eigenvalue weighted by Gasteiger charge is -2.08. The molecule has 0 aliphatic heterocycles. The highest BCUT2D eigenvalue weighted by Crippen LogP contribution is 2.34. The van der Waals surface area contributed by atoms with Crippen LogP contribution in [0.1, 0.15) is 5.56 Å². The van der Waals surface area contributed by atoms with Crippen LogP contribution in [-0.2, 0) is 0 Å². The van der Waals surface area contributed by atoms with E-state index in [0.717, 1.165) is 5.56 Å². The Morgan fingerprint density at radius 2 is 2.18 bits per heavy atom. The van der Waals surface area contributed by atoms with Crippen molar-refractivity contribution in [1.82, 2.24) is 10.2 Å². The molecule has 5 heteroatoms. The second-order valence-corrected chi connectivity index (χ2v) is 3.96. The number of phenols is 1. The normalized spacial score (nSPS) is 10.2. The van der Waals surface area contributed by atoms with Gasteiger partial charge in [0.1, 0.15) is 11.4 Å². The Hall–Kier alpha value is -1.94. The molecule has 0 amide bonds. The minimum absolute atomic E-state index is 0.0658. The molecule has 1 heterocycles. The van der Waals surface area contributed by atoms with E-state index >= 15 is 0 Å². The standard InChI is InChI=1S/C12H10ClN3O/c1-7-10(14-2)6-15-16-12(7)9-4-3-8(13)5-11(9)17/h3-6,17H,2H2,1H3. The van der Waals surface area contributed by atoms with E-state index in [4.69, 9.17) is 11.6 Å². The molecule has 0 fully saturated rings. The van der Waals surface area contributed by atoms with E-state index in [1.807, 2.05) is 6.92 Å². The van der Waals surface area contributed by atoms with Gasteiger partial charge in [-0.05, 0) is 31.8 Å². The van der Waals surface area contributed by atoms with E-state index in [1.54, 1.807) is 12.1 Å². The van der Waals surface area contributed by atoms with Crippen LogP contribution in [0.25, 0.3) is 11.3 Å². The van der Waals surface area contributed by atoms with Gasteiger partial charge in [-0.3, -0.25) is 4.99 Å². The predicted molar refractivity (Wildman–Crippen MR) is 68.1 cm³/mol. The smallest absolute Gasteiger partial charge is 0.126 e. The van der Waals surface area contributed by atoms with Gasteiger partial charge >= 0.3 is 0 Å².